The van der Waals surface area contributed by atoms with Crippen molar-refractivity contribution in [1.29, 1.82) is 0 Å². The number of anilines is 1. The third-order valence-electron chi connectivity index (χ3n) is 5.61. The van der Waals surface area contributed by atoms with E-state index in [1.165, 1.54) is 6.20 Å². The van der Waals surface area contributed by atoms with E-state index in [-0.39, 0.29) is 120 Å². The fraction of sp³-hybridized carbons (Fsp3) is 0.333. The summed E-state index contributed by atoms with van der Waals surface area (Å²) < 4.78 is 2.35. The normalized spacial score (nSPS) is 17.6. The molecule has 0 aromatic carbocycles. The quantitative estimate of drug-likeness (QED) is 0.0643. The number of aromatic amines is 1. The molecule has 16 nitrogen and oxygen atoms in total. The molecular weight excluding hydrogens is 694 g/mol. The zero-order chi connectivity index (χ0) is 30.2. The number of nitrogens with two attached hydrogens (primary N) is 1. The Bertz CT molecular complexity index is 1590. The molecule has 4 N–H and O–H groups in total. The first kappa shape index (κ1) is 41.1. The first-order chi connectivity index (χ1) is 19.2. The molecule has 1 fully saturated rings. The van der Waals surface area contributed by atoms with Crippen LogP contribution in [0, 0.1) is 0 Å². The number of β-lactam (4-membered cyclic amide) rings is 1. The van der Waals surface area contributed by atoms with E-state index in [2.05, 4.69) is 19.8 Å². The number of thioether (sulfide) groups is 2. The molecule has 4 rings (SSSR count). The Morgan fingerprint density at radius 3 is 2.41 bits per heavy atom. The van der Waals surface area contributed by atoms with Gasteiger partial charge in [-0.15, -0.1) is 23.5 Å². The van der Waals surface area contributed by atoms with Crippen LogP contribution in [0.4, 0.5) is 5.13 Å². The van der Waals surface area contributed by atoms with Gasteiger partial charge in [0.25, 0.3) is 17.4 Å². The second kappa shape index (κ2) is 16.8. The van der Waals surface area contributed by atoms with Gasteiger partial charge < -0.3 is 45.6 Å². The molecule has 2 amide bonds. The van der Waals surface area contributed by atoms with Gasteiger partial charge in [-0.2, -0.15) is 0 Å². The van der Waals surface area contributed by atoms with Gasteiger partial charge in [-0.3, -0.25) is 23.7 Å². The summed E-state index contributed by atoms with van der Waals surface area (Å²) in [7, 11) is 0. The third kappa shape index (κ3) is 8.72. The number of hydrogen-bond acceptors (Lipinski definition) is 17. The summed E-state index contributed by atoms with van der Waals surface area (Å²) in [6, 6.07) is -1.19. The van der Waals surface area contributed by atoms with Crippen LogP contribution in [0.15, 0.2) is 31.6 Å². The van der Waals surface area contributed by atoms with Crippen molar-refractivity contribution in [1.82, 2.24) is 19.6 Å². The number of nitrogen functional groups attached to an aromatic ring is 1. The second-order valence-electron chi connectivity index (χ2n) is 8.76. The monoisotopic (exact) mass is 710 g/mol. The number of carboxylic acids is 3. The van der Waals surface area contributed by atoms with Crippen LogP contribution in [0.25, 0.3) is 0 Å². The van der Waals surface area contributed by atoms with E-state index in [0.29, 0.717) is 0 Å². The molecule has 218 valence electrons. The summed E-state index contributed by atoms with van der Waals surface area (Å²) in [6.45, 7) is 2.29. The molecular formula is C21H17N6Na3O10S4. The van der Waals surface area contributed by atoms with Gasteiger partial charge in [-0.25, -0.2) is 4.98 Å². The van der Waals surface area contributed by atoms with Crippen LogP contribution in [0.2, 0.25) is 0 Å². The molecule has 0 radical (unpaired) electrons. The van der Waals surface area contributed by atoms with Crippen molar-refractivity contribution in [3.8, 4) is 0 Å². The summed E-state index contributed by atoms with van der Waals surface area (Å²) in [4.78, 5) is 82.3. The van der Waals surface area contributed by atoms with Gasteiger partial charge in [0.1, 0.15) is 11.4 Å². The number of nitrogens with zero attached hydrogens (tertiary/aromatic N) is 3. The van der Waals surface area contributed by atoms with Crippen LogP contribution in [0.5, 0.6) is 0 Å². The molecule has 0 spiro atoms. The molecule has 2 atom stereocenters. The second-order valence-corrected chi connectivity index (χ2v) is 13.0. The summed E-state index contributed by atoms with van der Waals surface area (Å²) in [5.74, 6) is -6.68. The van der Waals surface area contributed by atoms with Gasteiger partial charge in [-0.1, -0.05) is 28.0 Å². The molecule has 1 saturated heterocycles. The number of nitrogens with one attached hydrogen (secondary N) is 2. The number of aromatic carboxylic acids is 1. The molecule has 23 heteroatoms. The average molecular weight is 711 g/mol. The number of oxime groups is 1. The number of aromatic nitrogens is 2. The maximum absolute atomic E-state index is 13.1. The van der Waals surface area contributed by atoms with Crippen molar-refractivity contribution in [3.05, 3.63) is 38.3 Å². The maximum atomic E-state index is 13.1. The molecule has 2 aromatic heterocycles. The predicted molar refractivity (Wildman–Crippen MR) is 140 cm³/mol. The average Bonchev–Trinajstić information content (AvgIpc) is 3.50. The SMILES string of the molecule is CC(C)(O/N=C(/C(=O)NC1C(=O)N2C(C(=O)[O-])=C(CSc3s[nH]c(=O)c3C(=O)[O-])CSC12)c1cnc(N)s1)C(=O)[O-].[Na+].[Na+].[Na+]. The number of thiazole rings is 1. The zero-order valence-electron chi connectivity index (χ0n) is 23.8. The third-order valence-corrected chi connectivity index (χ3v) is 10.0. The Morgan fingerprint density at radius 2 is 1.86 bits per heavy atom. The van der Waals surface area contributed by atoms with E-state index < -0.39 is 69.3 Å². The van der Waals surface area contributed by atoms with E-state index in [9.17, 15) is 44.1 Å². The van der Waals surface area contributed by atoms with Crippen molar-refractivity contribution in [3.63, 3.8) is 0 Å². The Labute approximate surface area is 331 Å². The molecule has 2 aliphatic heterocycles. The number of fused-ring (bicyclic) bond motifs is 1. The number of H-pyrrole nitrogens is 1. The Morgan fingerprint density at radius 1 is 1.20 bits per heavy atom. The Balaban J connectivity index is 0.00000323. The standard InChI is InChI=1S/C21H20N6O10S4.3Na/c1-21(2,19(35)36)37-25-9(7-3-23-20(22)40-7)13(29)24-10-14(30)27-11(17(33)34)6(4-38-15(10)27)5-39-18-8(16(31)32)12(28)26-41-18;;;/h3,10,15H,4-5H2,1-2H3,(H2,22,23)(H,24,29)(H,26,28)(H,31,32)(H,33,34)(H,35,36);;;/q;3*+1/p-3/b25-9+;;;. The van der Waals surface area contributed by atoms with E-state index in [0.717, 1.165) is 65.1 Å². The first-order valence-electron chi connectivity index (χ1n) is 11.2. The summed E-state index contributed by atoms with van der Waals surface area (Å²) in [5.41, 5.74) is 1.67. The summed E-state index contributed by atoms with van der Waals surface area (Å²) >= 11 is 3.61. The van der Waals surface area contributed by atoms with Gasteiger partial charge in [0, 0.05) is 17.7 Å². The van der Waals surface area contributed by atoms with Crippen LogP contribution in [-0.2, 0) is 24.0 Å². The summed E-state index contributed by atoms with van der Waals surface area (Å²) in [6.07, 6.45) is 1.20. The fourth-order valence-corrected chi connectivity index (χ4v) is 7.61. The molecule has 0 aliphatic carbocycles. The van der Waals surface area contributed by atoms with Gasteiger partial charge in [-0.05, 0) is 19.4 Å². The Kier molecular flexibility index (Phi) is 15.7. The number of hydrogen-bond donors (Lipinski definition) is 3. The largest absolute Gasteiger partial charge is 1.00 e. The van der Waals surface area contributed by atoms with Gasteiger partial charge in [0.05, 0.1) is 38.3 Å². The maximum Gasteiger partial charge on any atom is 1.00 e. The van der Waals surface area contributed by atoms with Crippen LogP contribution >= 0.6 is 46.4 Å². The minimum absolute atomic E-state index is 0. The topological polar surface area (TPSA) is 263 Å². The van der Waals surface area contributed by atoms with Crippen molar-refractivity contribution in [2.45, 2.75) is 35.1 Å². The summed E-state index contributed by atoms with van der Waals surface area (Å²) in [5, 5.41) is 39.9. The number of carbonyl (C=O) groups excluding carboxylic acids is 5. The van der Waals surface area contributed by atoms with E-state index in [1.54, 1.807) is 0 Å². The van der Waals surface area contributed by atoms with Crippen molar-refractivity contribution >= 4 is 87.0 Å². The molecule has 2 aliphatic rings. The predicted octanol–water partition coefficient (Wildman–Crippen LogP) is -12.7. The minimum atomic E-state index is -1.91. The van der Waals surface area contributed by atoms with Crippen LogP contribution in [0.3, 0.4) is 0 Å². The smallest absolute Gasteiger partial charge is 0.546 e. The van der Waals surface area contributed by atoms with Gasteiger partial charge >= 0.3 is 88.7 Å². The van der Waals surface area contributed by atoms with Crippen LogP contribution < -0.4 is 121 Å². The molecule has 0 bridgehead atoms. The van der Waals surface area contributed by atoms with Crippen LogP contribution in [0.1, 0.15) is 29.1 Å². The molecule has 44 heavy (non-hydrogen) atoms. The van der Waals surface area contributed by atoms with Crippen molar-refractivity contribution < 1.29 is 133 Å². The fourth-order valence-electron chi connectivity index (χ4n) is 3.50. The number of carbonyl (C=O) groups is 5. The number of aliphatic carboxylic acids is 2. The zero-order valence-corrected chi connectivity index (χ0v) is 33.0. The van der Waals surface area contributed by atoms with Gasteiger partial charge in [0.15, 0.2) is 16.4 Å². The minimum Gasteiger partial charge on any atom is -0.546 e. The molecule has 2 aromatic rings. The van der Waals surface area contributed by atoms with E-state index in [4.69, 9.17) is 10.6 Å². The molecule has 0 saturated carbocycles. The van der Waals surface area contributed by atoms with Crippen molar-refractivity contribution in [2.24, 2.45) is 5.16 Å². The number of rotatable bonds is 11. The Hall–Kier alpha value is -0.880. The van der Waals surface area contributed by atoms with E-state index in [1.807, 2.05) is 0 Å². The van der Waals surface area contributed by atoms with Crippen molar-refractivity contribution in [2.75, 3.05) is 17.2 Å². The molecule has 4 heterocycles. The molecule has 2 unspecified atom stereocenters. The number of carboxylic acid groups (broad SMARTS) is 3. The first-order valence-corrected chi connectivity index (χ1v) is 14.8. The number of amides is 2. The van der Waals surface area contributed by atoms with E-state index >= 15 is 0 Å². The van der Waals surface area contributed by atoms with Crippen LogP contribution in [-0.4, -0.2) is 78.2 Å². The van der Waals surface area contributed by atoms with Gasteiger partial charge in [0.2, 0.25) is 0 Å².